The molecular formula is C22H26BrN3O4. The number of nitrogens with one attached hydrogen (secondary N) is 3. The van der Waals surface area contributed by atoms with Gasteiger partial charge in [-0.25, -0.2) is 0 Å². The van der Waals surface area contributed by atoms with Crippen molar-refractivity contribution in [2.45, 2.75) is 39.2 Å². The van der Waals surface area contributed by atoms with Gasteiger partial charge in [-0.1, -0.05) is 59.6 Å². The maximum absolute atomic E-state index is 12.4. The Labute approximate surface area is 184 Å². The first-order chi connectivity index (χ1) is 14.5. The molecule has 3 N–H and O–H groups in total. The summed E-state index contributed by atoms with van der Waals surface area (Å²) in [5, 5.41) is 2.76. The van der Waals surface area contributed by atoms with Crippen LogP contribution >= 0.6 is 15.9 Å². The van der Waals surface area contributed by atoms with Crippen molar-refractivity contribution < 1.29 is 19.1 Å². The summed E-state index contributed by atoms with van der Waals surface area (Å²) in [7, 11) is 0. The molecule has 0 fully saturated rings. The lowest BCUT2D eigenvalue weighted by Gasteiger charge is -2.13. The predicted molar refractivity (Wildman–Crippen MR) is 118 cm³/mol. The molecule has 7 nitrogen and oxygen atoms in total. The molecule has 0 aliphatic heterocycles. The summed E-state index contributed by atoms with van der Waals surface area (Å²) in [6.07, 6.45) is 1.84. The highest BCUT2D eigenvalue weighted by Gasteiger charge is 2.15. The van der Waals surface area contributed by atoms with Crippen molar-refractivity contribution in [1.29, 1.82) is 0 Å². The summed E-state index contributed by atoms with van der Waals surface area (Å²) in [6.45, 7) is 2.96. The molecule has 30 heavy (non-hydrogen) atoms. The first kappa shape index (κ1) is 23.4. The summed E-state index contributed by atoms with van der Waals surface area (Å²) < 4.78 is 6.37. The van der Waals surface area contributed by atoms with Crippen LogP contribution in [0.4, 0.5) is 0 Å². The van der Waals surface area contributed by atoms with Gasteiger partial charge in [-0.2, -0.15) is 0 Å². The molecule has 160 valence electrons. The highest BCUT2D eigenvalue weighted by molar-refractivity contribution is 9.10. The van der Waals surface area contributed by atoms with Gasteiger partial charge in [0.15, 0.2) is 0 Å². The number of amides is 3. The van der Waals surface area contributed by atoms with E-state index in [-0.39, 0.29) is 18.7 Å². The van der Waals surface area contributed by atoms with E-state index in [1.807, 2.05) is 30.3 Å². The molecule has 0 unspecified atom stereocenters. The van der Waals surface area contributed by atoms with Crippen LogP contribution in [-0.2, 0) is 16.1 Å². The molecule has 0 radical (unpaired) electrons. The molecular weight excluding hydrogens is 450 g/mol. The van der Waals surface area contributed by atoms with Crippen molar-refractivity contribution in [1.82, 2.24) is 16.2 Å². The van der Waals surface area contributed by atoms with Gasteiger partial charge in [0, 0.05) is 23.9 Å². The molecule has 0 aromatic heterocycles. The zero-order chi connectivity index (χ0) is 21.8. The summed E-state index contributed by atoms with van der Waals surface area (Å²) in [6, 6.07) is 14.6. The summed E-state index contributed by atoms with van der Waals surface area (Å²) in [5.74, 6) is -0.746. The molecule has 0 saturated heterocycles. The Morgan fingerprint density at radius 3 is 2.43 bits per heavy atom. The normalized spacial score (nSPS) is 10.2. The highest BCUT2D eigenvalue weighted by atomic mass is 79.9. The molecule has 0 bridgehead atoms. The Bertz CT molecular complexity index is 859. The van der Waals surface area contributed by atoms with Crippen molar-refractivity contribution in [2.75, 3.05) is 6.61 Å². The Morgan fingerprint density at radius 2 is 1.70 bits per heavy atom. The standard InChI is InChI=1S/C22H26BrN3O4/c1-2-3-13-30-19-10-9-17(23)14-18(19)22(29)26-25-21(28)12-11-20(27)24-15-16-7-5-4-6-8-16/h4-10,14H,2-3,11-13,15H2,1H3,(H,24,27)(H,25,28)(H,26,29). The van der Waals surface area contributed by atoms with Crippen LogP contribution < -0.4 is 20.9 Å². The van der Waals surface area contributed by atoms with Gasteiger partial charge in [0.25, 0.3) is 5.91 Å². The minimum Gasteiger partial charge on any atom is -0.493 e. The van der Waals surface area contributed by atoms with Crippen molar-refractivity contribution in [2.24, 2.45) is 0 Å². The maximum Gasteiger partial charge on any atom is 0.273 e. The van der Waals surface area contributed by atoms with Gasteiger partial charge in [0.05, 0.1) is 12.2 Å². The van der Waals surface area contributed by atoms with Crippen molar-refractivity contribution in [3.05, 3.63) is 64.1 Å². The number of unbranched alkanes of at least 4 members (excludes halogenated alkanes) is 1. The number of ether oxygens (including phenoxy) is 1. The Hall–Kier alpha value is -2.87. The third-order valence-electron chi connectivity index (χ3n) is 4.17. The maximum atomic E-state index is 12.4. The van der Waals surface area contributed by atoms with E-state index in [1.54, 1.807) is 18.2 Å². The van der Waals surface area contributed by atoms with Crippen LogP contribution in [0.3, 0.4) is 0 Å². The van der Waals surface area contributed by atoms with Crippen LogP contribution in [0.25, 0.3) is 0 Å². The molecule has 0 saturated carbocycles. The topological polar surface area (TPSA) is 96.5 Å². The van der Waals surface area contributed by atoms with Crippen LogP contribution in [0.5, 0.6) is 5.75 Å². The average Bonchev–Trinajstić information content (AvgIpc) is 2.76. The van der Waals surface area contributed by atoms with E-state index in [2.05, 4.69) is 39.0 Å². The monoisotopic (exact) mass is 475 g/mol. The summed E-state index contributed by atoms with van der Waals surface area (Å²) >= 11 is 3.33. The van der Waals surface area contributed by atoms with Crippen LogP contribution in [0, 0.1) is 0 Å². The second kappa shape index (κ2) is 12.6. The van der Waals surface area contributed by atoms with E-state index < -0.39 is 11.8 Å². The Kier molecular flexibility index (Phi) is 9.86. The van der Waals surface area contributed by atoms with Crippen LogP contribution in [0.15, 0.2) is 53.0 Å². The van der Waals surface area contributed by atoms with Gasteiger partial charge in [-0.15, -0.1) is 0 Å². The number of hydrogen-bond acceptors (Lipinski definition) is 4. The number of hydrogen-bond donors (Lipinski definition) is 3. The van der Waals surface area contributed by atoms with Crippen molar-refractivity contribution in [3.8, 4) is 5.75 Å². The average molecular weight is 476 g/mol. The van der Waals surface area contributed by atoms with Gasteiger partial charge in [0.2, 0.25) is 11.8 Å². The van der Waals surface area contributed by atoms with Gasteiger partial charge < -0.3 is 10.1 Å². The number of benzene rings is 2. The highest BCUT2D eigenvalue weighted by Crippen LogP contribution is 2.23. The SMILES string of the molecule is CCCCOc1ccc(Br)cc1C(=O)NNC(=O)CCC(=O)NCc1ccccc1. The molecule has 0 aliphatic rings. The van der Waals surface area contributed by atoms with Gasteiger partial charge >= 0.3 is 0 Å². The fourth-order valence-corrected chi connectivity index (χ4v) is 2.86. The fourth-order valence-electron chi connectivity index (χ4n) is 2.50. The molecule has 0 spiro atoms. The van der Waals surface area contributed by atoms with E-state index in [4.69, 9.17) is 4.74 Å². The molecule has 0 atom stereocenters. The first-order valence-corrected chi connectivity index (χ1v) is 10.6. The number of carbonyl (C=O) groups is 3. The third kappa shape index (κ3) is 8.24. The first-order valence-electron chi connectivity index (χ1n) is 9.81. The number of carbonyl (C=O) groups excluding carboxylic acids is 3. The van der Waals surface area contributed by atoms with E-state index in [1.165, 1.54) is 0 Å². The lowest BCUT2D eigenvalue weighted by Crippen LogP contribution is -2.42. The van der Waals surface area contributed by atoms with Gasteiger partial charge in [-0.3, -0.25) is 25.2 Å². The third-order valence-corrected chi connectivity index (χ3v) is 4.66. The fraction of sp³-hybridized carbons (Fsp3) is 0.318. The molecule has 2 aromatic rings. The minimum atomic E-state index is -0.496. The predicted octanol–water partition coefficient (Wildman–Crippen LogP) is 3.49. The molecule has 2 rings (SSSR count). The van der Waals surface area contributed by atoms with E-state index in [9.17, 15) is 14.4 Å². The summed E-state index contributed by atoms with van der Waals surface area (Å²) in [5.41, 5.74) is 5.99. The number of halogens is 1. The second-order valence-electron chi connectivity index (χ2n) is 6.61. The van der Waals surface area contributed by atoms with E-state index >= 15 is 0 Å². The van der Waals surface area contributed by atoms with Crippen LogP contribution in [0.2, 0.25) is 0 Å². The molecule has 0 aliphatic carbocycles. The van der Waals surface area contributed by atoms with Crippen molar-refractivity contribution in [3.63, 3.8) is 0 Å². The number of hydrazine groups is 1. The Balaban J connectivity index is 1.76. The molecule has 3 amide bonds. The minimum absolute atomic E-state index is 0.0246. The van der Waals surface area contributed by atoms with E-state index in [0.29, 0.717) is 24.5 Å². The van der Waals surface area contributed by atoms with Crippen LogP contribution in [-0.4, -0.2) is 24.3 Å². The molecule has 0 heterocycles. The Morgan fingerprint density at radius 1 is 0.967 bits per heavy atom. The van der Waals surface area contributed by atoms with Gasteiger partial charge in [0.1, 0.15) is 5.75 Å². The van der Waals surface area contributed by atoms with Crippen LogP contribution in [0.1, 0.15) is 48.5 Å². The second-order valence-corrected chi connectivity index (χ2v) is 7.52. The number of rotatable bonds is 10. The molecule has 2 aromatic carbocycles. The van der Waals surface area contributed by atoms with Gasteiger partial charge in [-0.05, 0) is 30.2 Å². The smallest absolute Gasteiger partial charge is 0.273 e. The molecule has 8 heteroatoms. The lowest BCUT2D eigenvalue weighted by atomic mass is 10.2. The zero-order valence-electron chi connectivity index (χ0n) is 16.9. The zero-order valence-corrected chi connectivity index (χ0v) is 18.5. The largest absolute Gasteiger partial charge is 0.493 e. The quantitative estimate of drug-likeness (QED) is 0.361. The summed E-state index contributed by atoms with van der Waals surface area (Å²) in [4.78, 5) is 36.3. The lowest BCUT2D eigenvalue weighted by molar-refractivity contribution is -0.126. The van der Waals surface area contributed by atoms with Crippen molar-refractivity contribution >= 4 is 33.7 Å². The van der Waals surface area contributed by atoms with E-state index in [0.717, 1.165) is 22.9 Å².